The lowest BCUT2D eigenvalue weighted by Gasteiger charge is -2.32. The van der Waals surface area contributed by atoms with Gasteiger partial charge in [-0.1, -0.05) is 25.3 Å². The highest BCUT2D eigenvalue weighted by atomic mass is 32.1. The number of amides is 3. The number of thiophene rings is 1. The zero-order valence-electron chi connectivity index (χ0n) is 19.3. The van der Waals surface area contributed by atoms with Gasteiger partial charge in [0.25, 0.3) is 11.8 Å². The number of nitrogens with two attached hydrogens (primary N) is 2. The molecule has 3 aromatic rings. The van der Waals surface area contributed by atoms with E-state index in [0.29, 0.717) is 22.1 Å². The first-order valence-corrected chi connectivity index (χ1v) is 13.2. The second kappa shape index (κ2) is 10.2. The molecule has 188 valence electrons. The van der Waals surface area contributed by atoms with E-state index in [-0.39, 0.29) is 35.0 Å². The van der Waals surface area contributed by atoms with Crippen molar-refractivity contribution in [3.05, 3.63) is 51.2 Å². The first kappa shape index (κ1) is 24.1. The summed E-state index contributed by atoms with van der Waals surface area (Å²) in [7, 11) is 0. The predicted molar refractivity (Wildman–Crippen MR) is 136 cm³/mol. The quantitative estimate of drug-likeness (QED) is 0.426. The molecule has 3 heterocycles. The lowest BCUT2D eigenvalue weighted by atomic mass is 9.95. The number of hydrogen-bond acceptors (Lipinski definition) is 9. The maximum atomic E-state index is 14.1. The van der Waals surface area contributed by atoms with Crippen LogP contribution in [0.5, 0.6) is 11.5 Å². The van der Waals surface area contributed by atoms with Gasteiger partial charge in [-0.15, -0.1) is 11.3 Å². The van der Waals surface area contributed by atoms with Gasteiger partial charge in [-0.2, -0.15) is 4.37 Å². The zero-order chi connectivity index (χ0) is 25.2. The summed E-state index contributed by atoms with van der Waals surface area (Å²) in [6.45, 7) is 0.0625. The van der Waals surface area contributed by atoms with E-state index < -0.39 is 17.9 Å². The van der Waals surface area contributed by atoms with Crippen LogP contribution < -0.4 is 31.2 Å². The summed E-state index contributed by atoms with van der Waals surface area (Å²) in [5.74, 6) is -0.707. The minimum absolute atomic E-state index is 0.0217. The van der Waals surface area contributed by atoms with Crippen LogP contribution in [0.15, 0.2) is 35.7 Å². The maximum Gasteiger partial charge on any atom is 0.273 e. The first-order chi connectivity index (χ1) is 17.4. The van der Waals surface area contributed by atoms with E-state index in [4.69, 9.17) is 20.9 Å². The third-order valence-electron chi connectivity index (χ3n) is 6.28. The van der Waals surface area contributed by atoms with Gasteiger partial charge in [0.1, 0.15) is 4.88 Å². The van der Waals surface area contributed by atoms with Gasteiger partial charge in [0, 0.05) is 22.7 Å². The Hall–Kier alpha value is -3.64. The molecule has 1 aliphatic heterocycles. The molecule has 1 atom stereocenters. The summed E-state index contributed by atoms with van der Waals surface area (Å²) in [5.41, 5.74) is 11.6. The van der Waals surface area contributed by atoms with Crippen LogP contribution in [-0.4, -0.2) is 34.9 Å². The average Bonchev–Trinajstić information content (AvgIpc) is 3.63. The number of anilines is 2. The van der Waals surface area contributed by atoms with Gasteiger partial charge in [0.15, 0.2) is 23.2 Å². The number of ether oxygens (including phenoxy) is 2. The third-order valence-corrected chi connectivity index (χ3v) is 8.06. The molecule has 5 rings (SSSR count). The number of rotatable bonds is 7. The highest BCUT2D eigenvalue weighted by Gasteiger charge is 2.38. The summed E-state index contributed by atoms with van der Waals surface area (Å²) in [4.78, 5) is 41.7. The average molecular weight is 528 g/mol. The Bertz CT molecular complexity index is 1290. The first-order valence-electron chi connectivity index (χ1n) is 11.6. The summed E-state index contributed by atoms with van der Waals surface area (Å²) in [6.07, 6.45) is 5.03. The van der Waals surface area contributed by atoms with Gasteiger partial charge in [-0.3, -0.25) is 19.3 Å². The molecule has 12 heteroatoms. The number of aromatic nitrogens is 1. The van der Waals surface area contributed by atoms with Crippen molar-refractivity contribution >= 4 is 52.0 Å². The molecule has 3 amide bonds. The standard InChI is InChI=1S/C24H25N5O5S2/c25-18-19(22(26)30)28-36-21(18)24(32)29(14-8-9-15-16(11-14)34-12-33-15)20(17-7-4-10-35-17)23(31)27-13-5-2-1-3-6-13/h4,7-11,13,20H,1-3,5-6,12,25H2,(H2,26,30)(H,27,31)/t20-/m1/s1. The number of nitrogens with one attached hydrogen (secondary N) is 1. The lowest BCUT2D eigenvalue weighted by Crippen LogP contribution is -2.47. The molecule has 2 aromatic heterocycles. The minimum Gasteiger partial charge on any atom is -0.454 e. The van der Waals surface area contributed by atoms with Gasteiger partial charge in [-0.05, 0) is 48.0 Å². The molecule has 0 radical (unpaired) electrons. The fourth-order valence-corrected chi connectivity index (χ4v) is 6.06. The van der Waals surface area contributed by atoms with E-state index in [1.54, 1.807) is 18.2 Å². The number of nitrogens with zero attached hydrogens (tertiary/aromatic N) is 2. The van der Waals surface area contributed by atoms with E-state index in [1.165, 1.54) is 16.2 Å². The molecular formula is C24H25N5O5S2. The topological polar surface area (TPSA) is 150 Å². The molecule has 0 bridgehead atoms. The van der Waals surface area contributed by atoms with Gasteiger partial charge in [0.05, 0.1) is 5.69 Å². The molecule has 1 saturated carbocycles. The summed E-state index contributed by atoms with van der Waals surface area (Å²) in [6, 6.07) is 7.72. The molecule has 1 aromatic carbocycles. The molecule has 2 aliphatic rings. The number of nitrogen functional groups attached to an aromatic ring is 1. The van der Waals surface area contributed by atoms with Crippen LogP contribution in [0.3, 0.4) is 0 Å². The SMILES string of the molecule is NC(=O)c1nsc(C(=O)N(c2ccc3c(c2)OCO3)[C@@H](C(=O)NC2CCCCC2)c2cccs2)c1N. The Kier molecular flexibility index (Phi) is 6.79. The van der Waals surface area contributed by atoms with Crippen LogP contribution in [0.1, 0.15) is 63.2 Å². The number of benzene rings is 1. The van der Waals surface area contributed by atoms with Crippen molar-refractivity contribution in [2.45, 2.75) is 44.2 Å². The molecule has 1 aliphatic carbocycles. The van der Waals surface area contributed by atoms with Crippen LogP contribution >= 0.6 is 22.9 Å². The zero-order valence-corrected chi connectivity index (χ0v) is 20.9. The number of carbonyl (C=O) groups is 3. The molecule has 0 unspecified atom stereocenters. The summed E-state index contributed by atoms with van der Waals surface area (Å²) < 4.78 is 14.9. The molecule has 5 N–H and O–H groups in total. The van der Waals surface area contributed by atoms with Crippen molar-refractivity contribution in [2.24, 2.45) is 5.73 Å². The number of carbonyl (C=O) groups excluding carboxylic acids is 3. The van der Waals surface area contributed by atoms with Crippen molar-refractivity contribution in [3.63, 3.8) is 0 Å². The Morgan fingerprint density at radius 3 is 2.58 bits per heavy atom. The smallest absolute Gasteiger partial charge is 0.273 e. The molecule has 36 heavy (non-hydrogen) atoms. The summed E-state index contributed by atoms with van der Waals surface area (Å²) in [5, 5.41) is 5.01. The van der Waals surface area contributed by atoms with Crippen molar-refractivity contribution in [1.82, 2.24) is 9.69 Å². The van der Waals surface area contributed by atoms with Crippen LogP contribution in [0.25, 0.3) is 0 Å². The Balaban J connectivity index is 1.60. The predicted octanol–water partition coefficient (Wildman–Crippen LogP) is 3.45. The Morgan fingerprint density at radius 2 is 1.89 bits per heavy atom. The highest BCUT2D eigenvalue weighted by Crippen LogP contribution is 2.40. The van der Waals surface area contributed by atoms with E-state index in [9.17, 15) is 14.4 Å². The van der Waals surface area contributed by atoms with E-state index in [1.807, 2.05) is 17.5 Å². The fourth-order valence-electron chi connectivity index (χ4n) is 4.50. The molecular weight excluding hydrogens is 502 g/mol. The fraction of sp³-hybridized carbons (Fsp3) is 0.333. The van der Waals surface area contributed by atoms with Gasteiger partial charge < -0.3 is 26.3 Å². The van der Waals surface area contributed by atoms with Crippen LogP contribution in [0.2, 0.25) is 0 Å². The number of primary amides is 1. The van der Waals surface area contributed by atoms with Crippen molar-refractivity contribution in [2.75, 3.05) is 17.4 Å². The molecule has 0 spiro atoms. The van der Waals surface area contributed by atoms with Gasteiger partial charge in [-0.25, -0.2) is 0 Å². The minimum atomic E-state index is -0.988. The molecule has 0 saturated heterocycles. The second-order valence-corrected chi connectivity index (χ2v) is 10.4. The second-order valence-electron chi connectivity index (χ2n) is 8.61. The van der Waals surface area contributed by atoms with Gasteiger partial charge >= 0.3 is 0 Å². The van der Waals surface area contributed by atoms with Crippen molar-refractivity contribution in [1.29, 1.82) is 0 Å². The van der Waals surface area contributed by atoms with E-state index >= 15 is 0 Å². The van der Waals surface area contributed by atoms with Gasteiger partial charge in [0.2, 0.25) is 12.7 Å². The largest absolute Gasteiger partial charge is 0.454 e. The van der Waals surface area contributed by atoms with Crippen LogP contribution in [0.4, 0.5) is 11.4 Å². The normalized spacial score (nSPS) is 15.9. The molecule has 10 nitrogen and oxygen atoms in total. The number of hydrogen-bond donors (Lipinski definition) is 3. The molecule has 1 fully saturated rings. The summed E-state index contributed by atoms with van der Waals surface area (Å²) >= 11 is 2.14. The van der Waals surface area contributed by atoms with E-state index in [2.05, 4.69) is 9.69 Å². The van der Waals surface area contributed by atoms with Crippen LogP contribution in [-0.2, 0) is 4.79 Å². The monoisotopic (exact) mass is 527 g/mol. The highest BCUT2D eigenvalue weighted by molar-refractivity contribution is 7.10. The lowest BCUT2D eigenvalue weighted by molar-refractivity contribution is -0.123. The Labute approximate surface area is 215 Å². The Morgan fingerprint density at radius 1 is 1.11 bits per heavy atom. The van der Waals surface area contributed by atoms with Crippen molar-refractivity contribution in [3.8, 4) is 11.5 Å². The third kappa shape index (κ3) is 4.61. The number of fused-ring (bicyclic) bond motifs is 1. The van der Waals surface area contributed by atoms with Crippen LogP contribution in [0, 0.1) is 0 Å². The maximum absolute atomic E-state index is 14.1. The van der Waals surface area contributed by atoms with Crippen molar-refractivity contribution < 1.29 is 23.9 Å². The van der Waals surface area contributed by atoms with E-state index in [0.717, 1.165) is 43.6 Å².